The number of methoxy groups -OCH3 is 2. The first-order chi connectivity index (χ1) is 11.5. The fourth-order valence-corrected chi connectivity index (χ4v) is 3.10. The van der Waals surface area contributed by atoms with Crippen molar-refractivity contribution < 1.29 is 22.6 Å². The summed E-state index contributed by atoms with van der Waals surface area (Å²) in [4.78, 5) is 0.0895. The summed E-state index contributed by atoms with van der Waals surface area (Å²) >= 11 is 5.78. The second-order valence-electron chi connectivity index (χ2n) is 4.72. The van der Waals surface area contributed by atoms with E-state index in [1.807, 2.05) is 0 Å². The number of rotatable bonds is 8. The number of hydrogen-bond donors (Lipinski definition) is 1. The van der Waals surface area contributed by atoms with Gasteiger partial charge in [0.05, 0.1) is 19.1 Å². The van der Waals surface area contributed by atoms with E-state index in [-0.39, 0.29) is 18.0 Å². The van der Waals surface area contributed by atoms with Crippen LogP contribution in [0.2, 0.25) is 5.02 Å². The van der Waals surface area contributed by atoms with Gasteiger partial charge < -0.3 is 14.2 Å². The topological polar surface area (TPSA) is 73.9 Å². The van der Waals surface area contributed by atoms with Crippen molar-refractivity contribution in [1.82, 2.24) is 4.72 Å². The predicted molar refractivity (Wildman–Crippen MR) is 91.7 cm³/mol. The molecular weight excluding hydrogens is 354 g/mol. The van der Waals surface area contributed by atoms with E-state index < -0.39 is 10.0 Å². The van der Waals surface area contributed by atoms with Crippen molar-refractivity contribution in [3.63, 3.8) is 0 Å². The Balaban J connectivity index is 1.94. The summed E-state index contributed by atoms with van der Waals surface area (Å²) in [5.74, 6) is 1.42. The van der Waals surface area contributed by atoms with Gasteiger partial charge in [-0.25, -0.2) is 13.1 Å². The van der Waals surface area contributed by atoms with Crippen molar-refractivity contribution in [3.05, 3.63) is 47.5 Å². The third kappa shape index (κ3) is 4.77. The molecule has 0 radical (unpaired) electrons. The summed E-state index contributed by atoms with van der Waals surface area (Å²) in [5.41, 5.74) is 0. The van der Waals surface area contributed by atoms with Crippen LogP contribution in [-0.4, -0.2) is 35.8 Å². The first-order valence-electron chi connectivity index (χ1n) is 7.06. The minimum Gasteiger partial charge on any atom is -0.493 e. The molecule has 0 spiro atoms. The lowest BCUT2D eigenvalue weighted by atomic mass is 10.3. The number of ether oxygens (including phenoxy) is 3. The fourth-order valence-electron chi connectivity index (χ4n) is 1.94. The Bertz CT molecular complexity index is 778. The molecule has 0 heterocycles. The molecule has 0 unspecified atom stereocenters. The Hall–Kier alpha value is -1.96. The van der Waals surface area contributed by atoms with Crippen LogP contribution in [0, 0.1) is 0 Å². The molecule has 130 valence electrons. The molecule has 1 N–H and O–H groups in total. The van der Waals surface area contributed by atoms with Crippen molar-refractivity contribution >= 4 is 21.6 Å². The molecule has 24 heavy (non-hydrogen) atoms. The third-order valence-electron chi connectivity index (χ3n) is 3.14. The Labute approximate surface area is 146 Å². The standard InChI is InChI=1S/C16H18ClNO5S/c1-21-15-8-7-14(11-16(15)22-2)24(19,20)18-9-10-23-13-5-3-12(17)4-6-13/h3-8,11,18H,9-10H2,1-2H3. The lowest BCUT2D eigenvalue weighted by Gasteiger charge is -2.11. The van der Waals surface area contributed by atoms with Gasteiger partial charge in [0.1, 0.15) is 12.4 Å². The van der Waals surface area contributed by atoms with Gasteiger partial charge in [0.25, 0.3) is 0 Å². The van der Waals surface area contributed by atoms with Crippen LogP contribution in [0.15, 0.2) is 47.4 Å². The highest BCUT2D eigenvalue weighted by Gasteiger charge is 2.16. The maximum absolute atomic E-state index is 12.3. The van der Waals surface area contributed by atoms with Crippen LogP contribution in [0.5, 0.6) is 17.2 Å². The van der Waals surface area contributed by atoms with E-state index in [0.29, 0.717) is 22.3 Å². The summed E-state index contributed by atoms with van der Waals surface area (Å²) in [6, 6.07) is 11.2. The van der Waals surface area contributed by atoms with Crippen LogP contribution in [0.4, 0.5) is 0 Å². The van der Waals surface area contributed by atoms with E-state index in [2.05, 4.69) is 4.72 Å². The van der Waals surface area contributed by atoms with Gasteiger partial charge in [-0.05, 0) is 36.4 Å². The Kier molecular flexibility index (Phi) is 6.30. The number of nitrogens with one attached hydrogen (secondary N) is 1. The summed E-state index contributed by atoms with van der Waals surface area (Å²) in [7, 11) is -0.735. The molecule has 0 bridgehead atoms. The molecule has 0 saturated carbocycles. The maximum Gasteiger partial charge on any atom is 0.240 e. The van der Waals surface area contributed by atoms with Gasteiger partial charge in [0.15, 0.2) is 11.5 Å². The number of hydrogen-bond acceptors (Lipinski definition) is 5. The summed E-state index contributed by atoms with van der Waals surface area (Å²) < 4.78 is 42.7. The first-order valence-corrected chi connectivity index (χ1v) is 8.92. The van der Waals surface area contributed by atoms with Crippen molar-refractivity contribution in [1.29, 1.82) is 0 Å². The second-order valence-corrected chi connectivity index (χ2v) is 6.92. The molecular formula is C16H18ClNO5S. The van der Waals surface area contributed by atoms with Crippen LogP contribution < -0.4 is 18.9 Å². The molecule has 0 atom stereocenters. The molecule has 0 aliphatic heterocycles. The Morgan fingerprint density at radius 3 is 2.29 bits per heavy atom. The lowest BCUT2D eigenvalue weighted by Crippen LogP contribution is -2.28. The predicted octanol–water partition coefficient (Wildman–Crippen LogP) is 2.71. The molecule has 6 nitrogen and oxygen atoms in total. The molecule has 2 aromatic carbocycles. The largest absolute Gasteiger partial charge is 0.493 e. The summed E-state index contributed by atoms with van der Waals surface area (Å²) in [6.07, 6.45) is 0. The Morgan fingerprint density at radius 1 is 1.00 bits per heavy atom. The van der Waals surface area contributed by atoms with Crippen molar-refractivity contribution in [2.45, 2.75) is 4.90 Å². The highest BCUT2D eigenvalue weighted by molar-refractivity contribution is 7.89. The van der Waals surface area contributed by atoms with Crippen LogP contribution in [0.1, 0.15) is 0 Å². The zero-order chi connectivity index (χ0) is 17.6. The van der Waals surface area contributed by atoms with E-state index in [4.69, 9.17) is 25.8 Å². The van der Waals surface area contributed by atoms with Crippen molar-refractivity contribution in [2.75, 3.05) is 27.4 Å². The number of halogens is 1. The van der Waals surface area contributed by atoms with E-state index >= 15 is 0 Å². The maximum atomic E-state index is 12.3. The minimum absolute atomic E-state index is 0.0895. The van der Waals surface area contributed by atoms with Gasteiger partial charge in [-0.2, -0.15) is 0 Å². The first kappa shape index (κ1) is 18.4. The van der Waals surface area contributed by atoms with Gasteiger partial charge in [-0.1, -0.05) is 11.6 Å². The fraction of sp³-hybridized carbons (Fsp3) is 0.250. The van der Waals surface area contributed by atoms with E-state index in [9.17, 15) is 8.42 Å². The van der Waals surface area contributed by atoms with E-state index in [0.717, 1.165) is 0 Å². The zero-order valence-corrected chi connectivity index (χ0v) is 14.9. The van der Waals surface area contributed by atoms with E-state index in [1.165, 1.54) is 32.4 Å². The lowest BCUT2D eigenvalue weighted by molar-refractivity contribution is 0.323. The monoisotopic (exact) mass is 371 g/mol. The Morgan fingerprint density at radius 2 is 1.67 bits per heavy atom. The smallest absolute Gasteiger partial charge is 0.240 e. The molecule has 8 heteroatoms. The van der Waals surface area contributed by atoms with Crippen LogP contribution in [0.25, 0.3) is 0 Å². The zero-order valence-electron chi connectivity index (χ0n) is 13.3. The SMILES string of the molecule is COc1ccc(S(=O)(=O)NCCOc2ccc(Cl)cc2)cc1OC. The van der Waals surface area contributed by atoms with Crippen molar-refractivity contribution in [3.8, 4) is 17.2 Å². The number of sulfonamides is 1. The molecule has 0 aliphatic rings. The molecule has 0 fully saturated rings. The van der Waals surface area contributed by atoms with Crippen LogP contribution in [0.3, 0.4) is 0 Å². The third-order valence-corrected chi connectivity index (χ3v) is 4.85. The van der Waals surface area contributed by atoms with Gasteiger partial charge >= 0.3 is 0 Å². The highest BCUT2D eigenvalue weighted by Crippen LogP contribution is 2.29. The normalized spacial score (nSPS) is 11.1. The van der Waals surface area contributed by atoms with Crippen LogP contribution >= 0.6 is 11.6 Å². The number of benzene rings is 2. The second kappa shape index (κ2) is 8.23. The average molecular weight is 372 g/mol. The van der Waals surface area contributed by atoms with Crippen LogP contribution in [-0.2, 0) is 10.0 Å². The van der Waals surface area contributed by atoms with Crippen molar-refractivity contribution in [2.24, 2.45) is 0 Å². The average Bonchev–Trinajstić information content (AvgIpc) is 2.59. The molecule has 0 aliphatic carbocycles. The molecule has 0 saturated heterocycles. The molecule has 0 amide bonds. The minimum atomic E-state index is -3.67. The summed E-state index contributed by atoms with van der Waals surface area (Å²) in [5, 5.41) is 0.608. The van der Waals surface area contributed by atoms with Gasteiger partial charge in [-0.3, -0.25) is 0 Å². The highest BCUT2D eigenvalue weighted by atomic mass is 35.5. The van der Waals surface area contributed by atoms with Gasteiger partial charge in [0, 0.05) is 17.6 Å². The molecule has 2 aromatic rings. The van der Waals surface area contributed by atoms with Gasteiger partial charge in [-0.15, -0.1) is 0 Å². The molecule has 2 rings (SSSR count). The van der Waals surface area contributed by atoms with E-state index in [1.54, 1.807) is 24.3 Å². The van der Waals surface area contributed by atoms with Gasteiger partial charge in [0.2, 0.25) is 10.0 Å². The molecule has 0 aromatic heterocycles. The summed E-state index contributed by atoms with van der Waals surface area (Å²) in [6.45, 7) is 0.313. The quantitative estimate of drug-likeness (QED) is 0.722.